The number of carbonyl (C=O) groups excluding carboxylic acids is 1. The fraction of sp³-hybridized carbons (Fsp3) is 0.750. The molecular weight excluding hydrogens is 298 g/mol. The Morgan fingerprint density at radius 3 is 2.58 bits per heavy atom. The number of aromatic nitrogens is 1. The third-order valence-corrected chi connectivity index (χ3v) is 6.02. The Labute approximate surface area is 145 Å². The molecule has 5 rings (SSSR count). The standard InChI is InChI=1S/C20H31N3O/c1-20(2,3)23-9-8-17(13-23)19(24)22-12-16-6-7-18(14-22)21(11-16)10-15-4-5-15/h8-9,13,15-16,18H,4-7,10-12,14H2,1-3H3/t16-,18-/m1/s1. The third-order valence-electron chi connectivity index (χ3n) is 6.02. The number of fused-ring (bicyclic) bond motifs is 4. The molecule has 4 aliphatic rings. The zero-order chi connectivity index (χ0) is 16.9. The minimum atomic E-state index is 0.0252. The Bertz CT molecular complexity index is 611. The minimum absolute atomic E-state index is 0.0252. The van der Waals surface area contributed by atoms with E-state index in [-0.39, 0.29) is 11.4 Å². The summed E-state index contributed by atoms with van der Waals surface area (Å²) >= 11 is 0. The van der Waals surface area contributed by atoms with Gasteiger partial charge in [0, 0.05) is 50.2 Å². The van der Waals surface area contributed by atoms with Crippen LogP contribution in [0.5, 0.6) is 0 Å². The van der Waals surface area contributed by atoms with E-state index in [4.69, 9.17) is 0 Å². The van der Waals surface area contributed by atoms with Crippen LogP contribution in [0.2, 0.25) is 0 Å². The molecule has 1 saturated carbocycles. The summed E-state index contributed by atoms with van der Waals surface area (Å²) in [4.78, 5) is 17.9. The summed E-state index contributed by atoms with van der Waals surface area (Å²) in [6, 6.07) is 2.57. The van der Waals surface area contributed by atoms with Gasteiger partial charge in [-0.15, -0.1) is 0 Å². The van der Waals surface area contributed by atoms with Gasteiger partial charge in [0.25, 0.3) is 5.91 Å². The first-order chi connectivity index (χ1) is 11.4. The Morgan fingerprint density at radius 1 is 1.12 bits per heavy atom. The lowest BCUT2D eigenvalue weighted by molar-refractivity contribution is 0.0736. The maximum atomic E-state index is 13.0. The van der Waals surface area contributed by atoms with E-state index in [1.807, 2.05) is 18.5 Å². The van der Waals surface area contributed by atoms with Crippen molar-refractivity contribution in [3.8, 4) is 0 Å². The molecule has 4 fully saturated rings. The van der Waals surface area contributed by atoms with Gasteiger partial charge in [0.15, 0.2) is 0 Å². The van der Waals surface area contributed by atoms with Crippen molar-refractivity contribution >= 4 is 5.91 Å². The molecule has 4 nitrogen and oxygen atoms in total. The molecule has 0 N–H and O–H groups in total. The molecule has 1 aromatic heterocycles. The fourth-order valence-electron chi connectivity index (χ4n) is 4.32. The van der Waals surface area contributed by atoms with Gasteiger partial charge in [-0.2, -0.15) is 0 Å². The van der Waals surface area contributed by atoms with Gasteiger partial charge in [-0.1, -0.05) is 0 Å². The molecule has 3 saturated heterocycles. The summed E-state index contributed by atoms with van der Waals surface area (Å²) < 4.78 is 2.14. The van der Waals surface area contributed by atoms with Crippen molar-refractivity contribution in [3.05, 3.63) is 24.0 Å². The molecule has 4 heterocycles. The van der Waals surface area contributed by atoms with Gasteiger partial charge in [0.1, 0.15) is 0 Å². The van der Waals surface area contributed by atoms with Crippen LogP contribution in [-0.2, 0) is 5.54 Å². The van der Waals surface area contributed by atoms with Gasteiger partial charge in [0.05, 0.1) is 5.56 Å². The predicted octanol–water partition coefficient (Wildman–Crippen LogP) is 3.19. The number of hydrogen-bond acceptors (Lipinski definition) is 2. The van der Waals surface area contributed by atoms with Crippen LogP contribution in [0, 0.1) is 11.8 Å². The van der Waals surface area contributed by atoms with E-state index in [9.17, 15) is 4.79 Å². The molecule has 2 bridgehead atoms. The van der Waals surface area contributed by atoms with Crippen LogP contribution >= 0.6 is 0 Å². The van der Waals surface area contributed by atoms with Gasteiger partial charge < -0.3 is 9.47 Å². The maximum Gasteiger partial charge on any atom is 0.255 e. The first-order valence-corrected chi connectivity index (χ1v) is 9.62. The second-order valence-electron chi connectivity index (χ2n) is 9.18. The van der Waals surface area contributed by atoms with Crippen molar-refractivity contribution in [1.82, 2.24) is 14.4 Å². The van der Waals surface area contributed by atoms with Crippen LogP contribution in [-0.4, -0.2) is 52.5 Å². The molecule has 0 spiro atoms. The second-order valence-corrected chi connectivity index (χ2v) is 9.18. The summed E-state index contributed by atoms with van der Waals surface area (Å²) in [6.07, 6.45) is 9.45. The molecule has 1 amide bonds. The van der Waals surface area contributed by atoms with Gasteiger partial charge in [0.2, 0.25) is 0 Å². The third kappa shape index (κ3) is 3.26. The number of hydrogen-bond donors (Lipinski definition) is 0. The average Bonchev–Trinajstić information content (AvgIpc) is 3.26. The van der Waals surface area contributed by atoms with Crippen molar-refractivity contribution in [1.29, 1.82) is 0 Å². The summed E-state index contributed by atoms with van der Waals surface area (Å²) in [7, 11) is 0. The van der Waals surface area contributed by atoms with Gasteiger partial charge in [-0.05, 0) is 64.4 Å². The topological polar surface area (TPSA) is 28.5 Å². The lowest BCUT2D eigenvalue weighted by Crippen LogP contribution is -2.45. The summed E-state index contributed by atoms with van der Waals surface area (Å²) in [5, 5.41) is 0. The number of rotatable bonds is 3. The highest BCUT2D eigenvalue weighted by molar-refractivity contribution is 5.94. The van der Waals surface area contributed by atoms with Crippen LogP contribution in [0.3, 0.4) is 0 Å². The van der Waals surface area contributed by atoms with Crippen molar-refractivity contribution in [2.24, 2.45) is 11.8 Å². The van der Waals surface area contributed by atoms with E-state index in [2.05, 4.69) is 35.1 Å². The zero-order valence-electron chi connectivity index (χ0n) is 15.4. The first-order valence-electron chi connectivity index (χ1n) is 9.62. The number of amides is 1. The second kappa shape index (κ2) is 5.91. The lowest BCUT2D eigenvalue weighted by Gasteiger charge is -2.36. The number of piperidine rings is 1. The van der Waals surface area contributed by atoms with E-state index in [1.165, 1.54) is 38.8 Å². The van der Waals surface area contributed by atoms with Crippen LogP contribution < -0.4 is 0 Å². The Kier molecular flexibility index (Phi) is 3.98. The largest absolute Gasteiger partial charge is 0.348 e. The highest BCUT2D eigenvalue weighted by Gasteiger charge is 2.38. The minimum Gasteiger partial charge on any atom is -0.348 e. The van der Waals surface area contributed by atoms with Crippen LogP contribution in [0.25, 0.3) is 0 Å². The number of carbonyl (C=O) groups is 1. The smallest absolute Gasteiger partial charge is 0.255 e. The van der Waals surface area contributed by atoms with Crippen LogP contribution in [0.15, 0.2) is 18.5 Å². The molecular formula is C20H31N3O. The molecule has 0 unspecified atom stereocenters. The summed E-state index contributed by atoms with van der Waals surface area (Å²) in [5.74, 6) is 1.83. The molecule has 132 valence electrons. The molecule has 1 aliphatic carbocycles. The van der Waals surface area contributed by atoms with Crippen LogP contribution in [0.4, 0.5) is 0 Å². The average molecular weight is 329 g/mol. The summed E-state index contributed by atoms with van der Waals surface area (Å²) in [5.41, 5.74) is 0.872. The lowest BCUT2D eigenvalue weighted by atomic mass is 9.95. The summed E-state index contributed by atoms with van der Waals surface area (Å²) in [6.45, 7) is 10.8. The Hall–Kier alpha value is -1.29. The van der Waals surface area contributed by atoms with Crippen LogP contribution in [0.1, 0.15) is 56.8 Å². The van der Waals surface area contributed by atoms with Gasteiger partial charge in [-0.25, -0.2) is 0 Å². The first kappa shape index (κ1) is 16.2. The van der Waals surface area contributed by atoms with Crippen molar-refractivity contribution < 1.29 is 4.79 Å². The monoisotopic (exact) mass is 329 g/mol. The Balaban J connectivity index is 1.48. The molecule has 0 radical (unpaired) electrons. The Morgan fingerprint density at radius 2 is 1.92 bits per heavy atom. The van der Waals surface area contributed by atoms with E-state index in [0.29, 0.717) is 12.0 Å². The molecule has 2 atom stereocenters. The van der Waals surface area contributed by atoms with Crippen molar-refractivity contribution in [2.75, 3.05) is 26.2 Å². The highest BCUT2D eigenvalue weighted by Crippen LogP contribution is 2.35. The van der Waals surface area contributed by atoms with Gasteiger partial charge >= 0.3 is 0 Å². The fourth-order valence-corrected chi connectivity index (χ4v) is 4.32. The highest BCUT2D eigenvalue weighted by atomic mass is 16.2. The maximum absolute atomic E-state index is 13.0. The molecule has 1 aromatic rings. The molecule has 24 heavy (non-hydrogen) atoms. The SMILES string of the molecule is CC(C)(C)n1ccc(C(=O)N2C[C@@H]3CC[C@H](C2)N(CC2CC2)C3)c1. The zero-order valence-corrected chi connectivity index (χ0v) is 15.4. The number of nitrogens with zero attached hydrogens (tertiary/aromatic N) is 3. The molecule has 0 aromatic carbocycles. The quantitative estimate of drug-likeness (QED) is 0.852. The van der Waals surface area contributed by atoms with Gasteiger partial charge in [-0.3, -0.25) is 9.69 Å². The van der Waals surface area contributed by atoms with E-state index in [0.717, 1.165) is 24.6 Å². The molecule has 4 heteroatoms. The van der Waals surface area contributed by atoms with Crippen molar-refractivity contribution in [3.63, 3.8) is 0 Å². The van der Waals surface area contributed by atoms with E-state index in [1.54, 1.807) is 0 Å². The normalized spacial score (nSPS) is 28.2. The van der Waals surface area contributed by atoms with Crippen molar-refractivity contribution in [2.45, 2.75) is 58.0 Å². The predicted molar refractivity (Wildman–Crippen MR) is 96.1 cm³/mol. The molecule has 3 aliphatic heterocycles. The van der Waals surface area contributed by atoms with E-state index >= 15 is 0 Å². The van der Waals surface area contributed by atoms with E-state index < -0.39 is 0 Å².